The Morgan fingerprint density at radius 3 is 2.59 bits per heavy atom. The van der Waals surface area contributed by atoms with E-state index in [1.807, 2.05) is 27.7 Å². The fourth-order valence-electron chi connectivity index (χ4n) is 2.04. The number of β-lactam (4-membered cyclic amide) rings is 1. The van der Waals surface area contributed by atoms with E-state index in [4.69, 9.17) is 5.73 Å². The van der Waals surface area contributed by atoms with Crippen molar-refractivity contribution in [2.24, 2.45) is 11.1 Å². The molecular weight excluding hydrogens is 236 g/mol. The number of amides is 1. The third-order valence-corrected chi connectivity index (χ3v) is 4.54. The first kappa shape index (κ1) is 12.6. The average Bonchev–Trinajstić information content (AvgIpc) is 2.25. The Morgan fingerprint density at radius 2 is 2.06 bits per heavy atom. The van der Waals surface area contributed by atoms with Crippen LogP contribution in [0.1, 0.15) is 27.7 Å². The number of Topliss-reactive ketones (excluding diaryl/α,β-unsaturated/α-hetero) is 1. The monoisotopic (exact) mass is 254 g/mol. The van der Waals surface area contributed by atoms with Gasteiger partial charge in [0.25, 0.3) is 0 Å². The normalized spacial score (nSPS) is 29.0. The Morgan fingerprint density at radius 1 is 1.47 bits per heavy atom. The van der Waals surface area contributed by atoms with Crippen LogP contribution in [0, 0.1) is 5.41 Å². The second-order valence-corrected chi connectivity index (χ2v) is 6.75. The van der Waals surface area contributed by atoms with E-state index in [-0.39, 0.29) is 17.1 Å². The van der Waals surface area contributed by atoms with Crippen LogP contribution < -0.4 is 5.73 Å². The summed E-state index contributed by atoms with van der Waals surface area (Å²) >= 11 is 1.63. The zero-order valence-corrected chi connectivity index (χ0v) is 11.4. The van der Waals surface area contributed by atoms with Crippen molar-refractivity contribution in [2.75, 3.05) is 5.75 Å². The van der Waals surface area contributed by atoms with E-state index in [9.17, 15) is 9.59 Å². The predicted octanol–water partition coefficient (Wildman–Crippen LogP) is 1.12. The van der Waals surface area contributed by atoms with Crippen molar-refractivity contribution in [1.29, 1.82) is 0 Å². The molecule has 2 aliphatic heterocycles. The molecule has 2 heterocycles. The lowest BCUT2D eigenvalue weighted by Crippen LogP contribution is -2.68. The van der Waals surface area contributed by atoms with Crippen LogP contribution in [-0.2, 0) is 9.59 Å². The van der Waals surface area contributed by atoms with E-state index >= 15 is 0 Å². The summed E-state index contributed by atoms with van der Waals surface area (Å²) in [6.45, 7) is 7.53. The number of nitrogens with zero attached hydrogens (tertiary/aromatic N) is 1. The molecule has 0 saturated carbocycles. The molecule has 2 atom stereocenters. The lowest BCUT2D eigenvalue weighted by atomic mass is 9.85. The summed E-state index contributed by atoms with van der Waals surface area (Å²) < 4.78 is 0. The Labute approximate surface area is 106 Å². The number of carbonyl (C=O) groups excluding carboxylic acids is 2. The van der Waals surface area contributed by atoms with E-state index < -0.39 is 11.5 Å². The SMILES string of the molecule is CC1=C(C(=O)C(C)(C)C)N2C(=O)[C@@H](N)[C@H]2SC1. The summed E-state index contributed by atoms with van der Waals surface area (Å²) in [7, 11) is 0. The number of thioether (sulfide) groups is 1. The highest BCUT2D eigenvalue weighted by Gasteiger charge is 2.51. The third-order valence-electron chi connectivity index (χ3n) is 3.10. The van der Waals surface area contributed by atoms with Gasteiger partial charge >= 0.3 is 0 Å². The van der Waals surface area contributed by atoms with Crippen molar-refractivity contribution >= 4 is 23.5 Å². The Hall–Kier alpha value is -0.810. The number of fused-ring (bicyclic) bond motifs is 1. The maximum absolute atomic E-state index is 12.4. The number of ketones is 1. The molecular formula is C12H18N2O2S. The van der Waals surface area contributed by atoms with Gasteiger partial charge in [0, 0.05) is 11.2 Å². The van der Waals surface area contributed by atoms with Gasteiger partial charge in [0.15, 0.2) is 5.78 Å². The molecule has 0 aromatic heterocycles. The smallest absolute Gasteiger partial charge is 0.248 e. The lowest BCUT2D eigenvalue weighted by Gasteiger charge is -2.49. The van der Waals surface area contributed by atoms with Crippen LogP contribution >= 0.6 is 11.8 Å². The molecule has 1 fully saturated rings. The van der Waals surface area contributed by atoms with Gasteiger partial charge in [0.05, 0.1) is 5.70 Å². The highest BCUT2D eigenvalue weighted by Crippen LogP contribution is 2.41. The molecule has 0 bridgehead atoms. The van der Waals surface area contributed by atoms with Gasteiger partial charge in [-0.05, 0) is 12.5 Å². The topological polar surface area (TPSA) is 63.4 Å². The van der Waals surface area contributed by atoms with Crippen LogP contribution in [0.5, 0.6) is 0 Å². The molecule has 2 rings (SSSR count). The largest absolute Gasteiger partial charge is 0.317 e. The summed E-state index contributed by atoms with van der Waals surface area (Å²) in [6, 6.07) is -0.448. The van der Waals surface area contributed by atoms with Crippen LogP contribution in [0.4, 0.5) is 0 Å². The zero-order valence-electron chi connectivity index (χ0n) is 10.6. The first-order valence-electron chi connectivity index (χ1n) is 5.70. The Balaban J connectivity index is 2.37. The summed E-state index contributed by atoms with van der Waals surface area (Å²) in [5, 5.41) is -0.0486. The molecule has 0 radical (unpaired) electrons. The van der Waals surface area contributed by atoms with E-state index in [2.05, 4.69) is 0 Å². The molecule has 0 aromatic carbocycles. The second kappa shape index (κ2) is 3.85. The maximum atomic E-state index is 12.4. The van der Waals surface area contributed by atoms with Crippen molar-refractivity contribution in [1.82, 2.24) is 4.90 Å². The van der Waals surface area contributed by atoms with Gasteiger partial charge in [-0.1, -0.05) is 20.8 Å². The van der Waals surface area contributed by atoms with Gasteiger partial charge in [-0.3, -0.25) is 14.5 Å². The molecule has 2 aliphatic rings. The molecule has 5 heteroatoms. The Bertz CT molecular complexity index is 423. The molecule has 0 spiro atoms. The van der Waals surface area contributed by atoms with Gasteiger partial charge < -0.3 is 5.73 Å². The highest BCUT2D eigenvalue weighted by molar-refractivity contribution is 8.00. The Kier molecular flexibility index (Phi) is 2.86. The molecule has 2 N–H and O–H groups in total. The molecule has 0 unspecified atom stereocenters. The van der Waals surface area contributed by atoms with Crippen molar-refractivity contribution in [2.45, 2.75) is 39.1 Å². The fourth-order valence-corrected chi connectivity index (χ4v) is 3.28. The molecule has 0 aliphatic carbocycles. The summed E-state index contributed by atoms with van der Waals surface area (Å²) in [4.78, 5) is 25.7. The van der Waals surface area contributed by atoms with Gasteiger partial charge in [-0.15, -0.1) is 11.8 Å². The average molecular weight is 254 g/mol. The number of allylic oxidation sites excluding steroid dienone is 1. The van der Waals surface area contributed by atoms with E-state index in [1.165, 1.54) is 0 Å². The van der Waals surface area contributed by atoms with Crippen molar-refractivity contribution < 1.29 is 9.59 Å². The molecule has 0 aromatic rings. The minimum atomic E-state index is -0.469. The summed E-state index contributed by atoms with van der Waals surface area (Å²) in [5.74, 6) is 0.675. The first-order chi connectivity index (χ1) is 7.75. The van der Waals surface area contributed by atoms with Gasteiger partial charge in [-0.25, -0.2) is 0 Å². The number of hydrogen-bond acceptors (Lipinski definition) is 4. The summed E-state index contributed by atoms with van der Waals surface area (Å²) in [5.41, 5.74) is 6.83. The first-order valence-corrected chi connectivity index (χ1v) is 6.75. The van der Waals surface area contributed by atoms with E-state index in [0.717, 1.165) is 11.3 Å². The van der Waals surface area contributed by atoms with Gasteiger partial charge in [0.2, 0.25) is 5.91 Å². The molecule has 1 saturated heterocycles. The fraction of sp³-hybridized carbons (Fsp3) is 0.667. The standard InChI is InChI=1S/C12H18N2O2S/c1-6-5-17-11-7(13)10(16)14(11)8(6)9(15)12(2,3)4/h7,11H,5,13H2,1-4H3/t7-,11-/m1/s1. The van der Waals surface area contributed by atoms with Crippen LogP contribution in [0.3, 0.4) is 0 Å². The van der Waals surface area contributed by atoms with E-state index in [1.54, 1.807) is 16.7 Å². The van der Waals surface area contributed by atoms with Crippen molar-refractivity contribution in [3.8, 4) is 0 Å². The molecule has 17 heavy (non-hydrogen) atoms. The predicted molar refractivity (Wildman–Crippen MR) is 68.2 cm³/mol. The quantitative estimate of drug-likeness (QED) is 0.712. The zero-order chi connectivity index (χ0) is 13.0. The lowest BCUT2D eigenvalue weighted by molar-refractivity contribution is -0.144. The number of carbonyl (C=O) groups is 2. The second-order valence-electron chi connectivity index (χ2n) is 5.64. The van der Waals surface area contributed by atoms with E-state index in [0.29, 0.717) is 5.70 Å². The maximum Gasteiger partial charge on any atom is 0.248 e. The van der Waals surface area contributed by atoms with Crippen LogP contribution in [-0.4, -0.2) is 33.8 Å². The third kappa shape index (κ3) is 1.81. The van der Waals surface area contributed by atoms with Gasteiger partial charge in [0.1, 0.15) is 11.4 Å². The molecule has 1 amide bonds. The number of hydrogen-bond donors (Lipinski definition) is 1. The molecule has 4 nitrogen and oxygen atoms in total. The van der Waals surface area contributed by atoms with Crippen molar-refractivity contribution in [3.05, 3.63) is 11.3 Å². The van der Waals surface area contributed by atoms with Crippen LogP contribution in [0.2, 0.25) is 0 Å². The minimum Gasteiger partial charge on any atom is -0.317 e. The molecule has 94 valence electrons. The van der Waals surface area contributed by atoms with Crippen LogP contribution in [0.15, 0.2) is 11.3 Å². The van der Waals surface area contributed by atoms with Crippen LogP contribution in [0.25, 0.3) is 0 Å². The summed E-state index contributed by atoms with van der Waals surface area (Å²) in [6.07, 6.45) is 0. The number of rotatable bonds is 1. The number of nitrogens with two attached hydrogens (primary N) is 1. The highest BCUT2D eigenvalue weighted by atomic mass is 32.2. The van der Waals surface area contributed by atoms with Crippen molar-refractivity contribution in [3.63, 3.8) is 0 Å². The minimum absolute atomic E-state index is 0.0283. The van der Waals surface area contributed by atoms with Gasteiger partial charge in [-0.2, -0.15) is 0 Å².